The molecule has 2 rings (SSSR count). The minimum absolute atomic E-state index is 0.381. The number of hydrogen-bond acceptors (Lipinski definition) is 3. The molecule has 19 heavy (non-hydrogen) atoms. The normalized spacial score (nSPS) is 14.8. The van der Waals surface area contributed by atoms with Crippen molar-refractivity contribution in [3.05, 3.63) is 29.3 Å². The summed E-state index contributed by atoms with van der Waals surface area (Å²) in [5, 5.41) is 8.21. The molecule has 5 nitrogen and oxygen atoms in total. The molecular weight excluding hydrogens is 285 g/mol. The van der Waals surface area contributed by atoms with E-state index in [-0.39, 0.29) is 0 Å². The Balaban J connectivity index is 0.000000312. The van der Waals surface area contributed by atoms with E-state index in [1.54, 1.807) is 0 Å². The molecule has 0 spiro atoms. The number of hydrogen-bond donors (Lipinski definition) is 2. The Morgan fingerprint density at radius 3 is 2.32 bits per heavy atom. The predicted molar refractivity (Wildman–Crippen MR) is 62.6 cm³/mol. The van der Waals surface area contributed by atoms with Crippen LogP contribution in [0.25, 0.3) is 0 Å². The number of ether oxygens (including phenoxy) is 1. The van der Waals surface area contributed by atoms with Crippen LogP contribution in [0.3, 0.4) is 0 Å². The summed E-state index contributed by atoms with van der Waals surface area (Å²) in [6.45, 7) is 0.508. The lowest BCUT2D eigenvalue weighted by atomic mass is 10.0. The van der Waals surface area contributed by atoms with E-state index in [1.165, 1.54) is 6.07 Å². The van der Waals surface area contributed by atoms with Crippen LogP contribution in [0.4, 0.5) is 13.2 Å². The Hall–Kier alpha value is -1.32. The molecule has 1 heterocycles. The minimum Gasteiger partial charge on any atom is -0.493 e. The van der Waals surface area contributed by atoms with Crippen molar-refractivity contribution in [2.75, 3.05) is 6.61 Å². The van der Waals surface area contributed by atoms with E-state index in [1.807, 2.05) is 0 Å². The summed E-state index contributed by atoms with van der Waals surface area (Å²) in [4.78, 5) is 0. The Labute approximate surface area is 108 Å². The number of halogens is 3. The van der Waals surface area contributed by atoms with Crippen LogP contribution >= 0.6 is 0 Å². The number of fused-ring (bicyclic) bond motifs is 1. The second kappa shape index (κ2) is 5.76. The highest BCUT2D eigenvalue weighted by Gasteiger charge is 2.31. The molecule has 1 aliphatic heterocycles. The average Bonchev–Trinajstić information content (AvgIpc) is 2.25. The van der Waals surface area contributed by atoms with E-state index in [9.17, 15) is 21.6 Å². The van der Waals surface area contributed by atoms with Gasteiger partial charge in [-0.05, 0) is 30.5 Å². The molecule has 0 unspecified atom stereocenters. The van der Waals surface area contributed by atoms with E-state index < -0.39 is 21.9 Å². The van der Waals surface area contributed by atoms with Crippen LogP contribution in [0.5, 0.6) is 5.75 Å². The molecule has 108 valence electrons. The molecule has 0 aliphatic carbocycles. The van der Waals surface area contributed by atoms with Gasteiger partial charge in [-0.1, -0.05) is 6.07 Å². The number of rotatable bonds is 0. The van der Waals surface area contributed by atoms with E-state index >= 15 is 0 Å². The lowest BCUT2D eigenvalue weighted by Crippen LogP contribution is -2.21. The topological polar surface area (TPSA) is 95.4 Å². The summed E-state index contributed by atoms with van der Waals surface area (Å²) in [5.74, 6) is 0.381. The van der Waals surface area contributed by atoms with Gasteiger partial charge in [-0.25, -0.2) is 10.3 Å². The molecule has 4 N–H and O–H groups in total. The van der Waals surface area contributed by atoms with Crippen molar-refractivity contribution < 1.29 is 26.3 Å². The highest BCUT2D eigenvalue weighted by atomic mass is 32.2. The van der Waals surface area contributed by atoms with Gasteiger partial charge in [-0.2, -0.15) is 21.6 Å². The lowest BCUT2D eigenvalue weighted by molar-refractivity contribution is -0.137. The fraction of sp³-hybridized carbons (Fsp3) is 0.400. The van der Waals surface area contributed by atoms with Gasteiger partial charge >= 0.3 is 6.18 Å². The fourth-order valence-corrected chi connectivity index (χ4v) is 1.52. The molecule has 9 heteroatoms. The maximum atomic E-state index is 12.3. The first-order valence-electron chi connectivity index (χ1n) is 5.21. The van der Waals surface area contributed by atoms with Crippen molar-refractivity contribution in [2.45, 2.75) is 19.0 Å². The van der Waals surface area contributed by atoms with Crippen LogP contribution in [0, 0.1) is 0 Å². The van der Waals surface area contributed by atoms with Crippen molar-refractivity contribution in [1.29, 1.82) is 0 Å². The number of nitrogens with two attached hydrogens (primary N) is 2. The van der Waals surface area contributed by atoms with Gasteiger partial charge in [0.2, 0.25) is 0 Å². The predicted octanol–water partition coefficient (Wildman–Crippen LogP) is 1.18. The minimum atomic E-state index is -4.28. The third-order valence-corrected chi connectivity index (χ3v) is 2.24. The monoisotopic (exact) mass is 298 g/mol. The molecule has 0 aromatic heterocycles. The SMILES string of the molecule is FC(F)(F)c1ccc2c(c1)OCCC2.NS(N)(=O)=O. The zero-order valence-corrected chi connectivity index (χ0v) is 10.6. The van der Waals surface area contributed by atoms with Crippen LogP contribution in [-0.2, 0) is 22.8 Å². The van der Waals surface area contributed by atoms with Crippen LogP contribution in [0.2, 0.25) is 0 Å². The van der Waals surface area contributed by atoms with E-state index in [4.69, 9.17) is 4.74 Å². The number of benzene rings is 1. The largest absolute Gasteiger partial charge is 0.493 e. The fourth-order valence-electron chi connectivity index (χ4n) is 1.52. The first-order valence-corrected chi connectivity index (χ1v) is 6.82. The van der Waals surface area contributed by atoms with Crippen molar-refractivity contribution in [3.8, 4) is 5.75 Å². The second-order valence-corrected chi connectivity index (χ2v) is 5.04. The molecule has 0 saturated heterocycles. The molecule has 0 saturated carbocycles. The van der Waals surface area contributed by atoms with Gasteiger partial charge in [0.05, 0.1) is 12.2 Å². The zero-order chi connectivity index (χ0) is 14.7. The van der Waals surface area contributed by atoms with E-state index in [0.29, 0.717) is 12.4 Å². The van der Waals surface area contributed by atoms with Crippen LogP contribution in [0.15, 0.2) is 18.2 Å². The zero-order valence-electron chi connectivity index (χ0n) is 9.77. The van der Waals surface area contributed by atoms with Crippen LogP contribution in [0.1, 0.15) is 17.5 Å². The molecule has 1 aromatic rings. The second-order valence-electron chi connectivity index (χ2n) is 3.86. The number of aryl methyl sites for hydroxylation is 1. The Morgan fingerprint density at radius 2 is 1.79 bits per heavy atom. The lowest BCUT2D eigenvalue weighted by Gasteiger charge is -2.18. The van der Waals surface area contributed by atoms with Crippen molar-refractivity contribution in [1.82, 2.24) is 0 Å². The summed E-state index contributed by atoms with van der Waals surface area (Å²) < 4.78 is 60.4. The van der Waals surface area contributed by atoms with Gasteiger partial charge in [0.1, 0.15) is 5.75 Å². The summed E-state index contributed by atoms with van der Waals surface area (Å²) in [6.07, 6.45) is -2.61. The average molecular weight is 298 g/mol. The molecule has 1 aliphatic rings. The molecule has 0 radical (unpaired) electrons. The first kappa shape index (κ1) is 15.7. The maximum absolute atomic E-state index is 12.3. The summed E-state index contributed by atoms with van der Waals surface area (Å²) in [5.41, 5.74) is 0.224. The highest BCUT2D eigenvalue weighted by Crippen LogP contribution is 2.34. The van der Waals surface area contributed by atoms with Crippen molar-refractivity contribution in [3.63, 3.8) is 0 Å². The van der Waals surface area contributed by atoms with Gasteiger partial charge in [-0.15, -0.1) is 0 Å². The molecule has 1 aromatic carbocycles. The third kappa shape index (κ3) is 5.90. The van der Waals surface area contributed by atoms with Gasteiger partial charge < -0.3 is 4.74 Å². The summed E-state index contributed by atoms with van der Waals surface area (Å²) >= 11 is 0. The maximum Gasteiger partial charge on any atom is 0.416 e. The third-order valence-electron chi connectivity index (χ3n) is 2.24. The molecule has 0 amide bonds. The molecule has 0 bridgehead atoms. The standard InChI is InChI=1S/C10H9F3O.H4N2O2S/c11-10(12,13)8-4-3-7-2-1-5-14-9(7)6-8;1-5(2,3)4/h3-4,6H,1-2,5H2;(H4,1,2,3,4). The van der Waals surface area contributed by atoms with Crippen molar-refractivity contribution >= 4 is 10.2 Å². The quantitative estimate of drug-likeness (QED) is 0.752. The van der Waals surface area contributed by atoms with Gasteiger partial charge in [0.25, 0.3) is 10.2 Å². The molecular formula is C10H13F3N2O3S. The van der Waals surface area contributed by atoms with Gasteiger partial charge in [0, 0.05) is 0 Å². The Morgan fingerprint density at radius 1 is 1.21 bits per heavy atom. The van der Waals surface area contributed by atoms with Crippen LogP contribution < -0.4 is 15.0 Å². The van der Waals surface area contributed by atoms with Gasteiger partial charge in [0.15, 0.2) is 0 Å². The van der Waals surface area contributed by atoms with Crippen LogP contribution in [-0.4, -0.2) is 15.0 Å². The first-order chi connectivity index (χ1) is 8.57. The molecule has 0 atom stereocenters. The van der Waals surface area contributed by atoms with E-state index in [0.717, 1.165) is 30.5 Å². The smallest absolute Gasteiger partial charge is 0.416 e. The summed E-state index contributed by atoms with van der Waals surface area (Å²) in [6, 6.07) is 3.68. The molecule has 0 fully saturated rings. The highest BCUT2D eigenvalue weighted by molar-refractivity contribution is 7.86. The number of alkyl halides is 3. The Kier molecular flexibility index (Phi) is 4.77. The summed E-state index contributed by atoms with van der Waals surface area (Å²) in [7, 11) is -3.67. The van der Waals surface area contributed by atoms with Gasteiger partial charge in [-0.3, -0.25) is 0 Å². The van der Waals surface area contributed by atoms with Crippen molar-refractivity contribution in [2.24, 2.45) is 10.3 Å². The Bertz CT molecular complexity index is 535. The van der Waals surface area contributed by atoms with E-state index in [2.05, 4.69) is 10.3 Å².